The van der Waals surface area contributed by atoms with Gasteiger partial charge in [-0.05, 0) is 25.0 Å². The standard InChI is InChI=1S/C16H24N4O2/c1-18-14-6-4-5-12(19-14)13-11-20(9-10-22-13)15(21)16(17)7-2-3-8-16/h4-6,13H,2-3,7-11,17H2,1H3,(H,18,19). The maximum Gasteiger partial charge on any atom is 0.242 e. The maximum atomic E-state index is 12.7. The molecule has 0 bridgehead atoms. The summed E-state index contributed by atoms with van der Waals surface area (Å²) in [7, 11) is 1.84. The molecule has 1 aliphatic carbocycles. The highest BCUT2D eigenvalue weighted by atomic mass is 16.5. The Morgan fingerprint density at radius 1 is 1.45 bits per heavy atom. The van der Waals surface area contributed by atoms with Crippen LogP contribution in [-0.2, 0) is 9.53 Å². The lowest BCUT2D eigenvalue weighted by Gasteiger charge is -2.37. The average molecular weight is 304 g/mol. The monoisotopic (exact) mass is 304 g/mol. The van der Waals surface area contributed by atoms with E-state index in [0.29, 0.717) is 19.7 Å². The summed E-state index contributed by atoms with van der Waals surface area (Å²) in [5.74, 6) is 0.874. The summed E-state index contributed by atoms with van der Waals surface area (Å²) in [5, 5.41) is 3.02. The molecule has 6 heteroatoms. The summed E-state index contributed by atoms with van der Waals surface area (Å²) in [4.78, 5) is 19.1. The molecule has 2 heterocycles. The average Bonchev–Trinajstić information content (AvgIpc) is 3.02. The van der Waals surface area contributed by atoms with Crippen molar-refractivity contribution in [1.82, 2.24) is 9.88 Å². The van der Waals surface area contributed by atoms with Crippen LogP contribution in [0.4, 0.5) is 5.82 Å². The lowest BCUT2D eigenvalue weighted by molar-refractivity contribution is -0.144. The molecular formula is C16H24N4O2. The minimum atomic E-state index is -0.665. The number of nitrogens with one attached hydrogen (secondary N) is 1. The van der Waals surface area contributed by atoms with Gasteiger partial charge in [0, 0.05) is 13.6 Å². The second-order valence-electron chi connectivity index (χ2n) is 6.17. The van der Waals surface area contributed by atoms with Crippen LogP contribution in [0.5, 0.6) is 0 Å². The summed E-state index contributed by atoms with van der Waals surface area (Å²) >= 11 is 0. The molecule has 2 aliphatic rings. The first kappa shape index (κ1) is 15.2. The molecule has 1 aromatic heterocycles. The zero-order valence-corrected chi connectivity index (χ0v) is 13.0. The van der Waals surface area contributed by atoms with Crippen molar-refractivity contribution in [3.63, 3.8) is 0 Å². The highest BCUT2D eigenvalue weighted by Gasteiger charge is 2.41. The number of morpholine rings is 1. The minimum Gasteiger partial charge on any atom is -0.373 e. The third-order valence-electron chi connectivity index (χ3n) is 4.63. The Labute approximate surface area is 131 Å². The predicted molar refractivity (Wildman–Crippen MR) is 84.4 cm³/mol. The van der Waals surface area contributed by atoms with Gasteiger partial charge in [0.15, 0.2) is 0 Å². The predicted octanol–water partition coefficient (Wildman–Crippen LogP) is 1.29. The van der Waals surface area contributed by atoms with E-state index in [0.717, 1.165) is 37.2 Å². The largest absolute Gasteiger partial charge is 0.373 e. The fraction of sp³-hybridized carbons (Fsp3) is 0.625. The van der Waals surface area contributed by atoms with Crippen LogP contribution < -0.4 is 11.1 Å². The highest BCUT2D eigenvalue weighted by Crippen LogP contribution is 2.31. The zero-order chi connectivity index (χ0) is 15.6. The van der Waals surface area contributed by atoms with Gasteiger partial charge in [0.05, 0.1) is 24.4 Å². The molecule has 1 saturated carbocycles. The van der Waals surface area contributed by atoms with Gasteiger partial charge in [-0.3, -0.25) is 4.79 Å². The van der Waals surface area contributed by atoms with Crippen molar-refractivity contribution < 1.29 is 9.53 Å². The number of pyridine rings is 1. The van der Waals surface area contributed by atoms with E-state index in [1.165, 1.54) is 0 Å². The van der Waals surface area contributed by atoms with Crippen LogP contribution in [0.15, 0.2) is 18.2 Å². The van der Waals surface area contributed by atoms with Crippen LogP contribution in [0.25, 0.3) is 0 Å². The Balaban J connectivity index is 1.72. The molecule has 1 atom stereocenters. The van der Waals surface area contributed by atoms with Crippen molar-refractivity contribution in [1.29, 1.82) is 0 Å². The van der Waals surface area contributed by atoms with Gasteiger partial charge < -0.3 is 20.7 Å². The van der Waals surface area contributed by atoms with E-state index in [-0.39, 0.29) is 12.0 Å². The van der Waals surface area contributed by atoms with Crippen molar-refractivity contribution in [3.8, 4) is 0 Å². The van der Waals surface area contributed by atoms with Crippen LogP contribution in [0, 0.1) is 0 Å². The number of amides is 1. The number of carbonyl (C=O) groups is 1. The first-order chi connectivity index (χ1) is 10.6. The highest BCUT2D eigenvalue weighted by molar-refractivity contribution is 5.86. The summed E-state index contributed by atoms with van der Waals surface area (Å²) in [6.07, 6.45) is 3.49. The first-order valence-electron chi connectivity index (χ1n) is 7.97. The fourth-order valence-corrected chi connectivity index (χ4v) is 3.32. The van der Waals surface area contributed by atoms with Crippen molar-refractivity contribution >= 4 is 11.7 Å². The van der Waals surface area contributed by atoms with Gasteiger partial charge in [-0.25, -0.2) is 4.98 Å². The smallest absolute Gasteiger partial charge is 0.242 e. The van der Waals surface area contributed by atoms with E-state index in [4.69, 9.17) is 10.5 Å². The molecule has 6 nitrogen and oxygen atoms in total. The number of rotatable bonds is 3. The second kappa shape index (κ2) is 6.22. The van der Waals surface area contributed by atoms with Crippen molar-refractivity contribution in [2.75, 3.05) is 32.1 Å². The zero-order valence-electron chi connectivity index (χ0n) is 13.0. The summed E-state index contributed by atoms with van der Waals surface area (Å²) in [5.41, 5.74) is 6.49. The molecule has 0 aromatic carbocycles. The lowest BCUT2D eigenvalue weighted by atomic mass is 9.96. The quantitative estimate of drug-likeness (QED) is 0.879. The number of carbonyl (C=O) groups excluding carboxylic acids is 1. The molecule has 3 rings (SSSR count). The van der Waals surface area contributed by atoms with Crippen LogP contribution in [0.3, 0.4) is 0 Å². The van der Waals surface area contributed by atoms with Crippen LogP contribution >= 0.6 is 0 Å². The van der Waals surface area contributed by atoms with Gasteiger partial charge in [0.25, 0.3) is 0 Å². The molecule has 1 amide bonds. The van der Waals surface area contributed by atoms with E-state index >= 15 is 0 Å². The van der Waals surface area contributed by atoms with E-state index in [9.17, 15) is 4.79 Å². The topological polar surface area (TPSA) is 80.5 Å². The number of ether oxygens (including phenoxy) is 1. The Bertz CT molecular complexity index is 543. The SMILES string of the molecule is CNc1cccc(C2CN(C(=O)C3(N)CCCC3)CCO2)n1. The van der Waals surface area contributed by atoms with Gasteiger partial charge in [0.1, 0.15) is 11.9 Å². The maximum absolute atomic E-state index is 12.7. The molecule has 1 saturated heterocycles. The molecule has 1 unspecified atom stereocenters. The summed E-state index contributed by atoms with van der Waals surface area (Å²) < 4.78 is 5.81. The molecule has 0 radical (unpaired) electrons. The van der Waals surface area contributed by atoms with E-state index in [2.05, 4.69) is 10.3 Å². The van der Waals surface area contributed by atoms with Gasteiger partial charge in [-0.15, -0.1) is 0 Å². The van der Waals surface area contributed by atoms with E-state index in [1.807, 2.05) is 30.1 Å². The number of nitrogens with zero attached hydrogens (tertiary/aromatic N) is 2. The number of hydrogen-bond donors (Lipinski definition) is 2. The van der Waals surface area contributed by atoms with Crippen molar-refractivity contribution in [2.24, 2.45) is 5.73 Å². The van der Waals surface area contributed by atoms with E-state index in [1.54, 1.807) is 0 Å². The van der Waals surface area contributed by atoms with E-state index < -0.39 is 5.54 Å². The van der Waals surface area contributed by atoms with Gasteiger partial charge >= 0.3 is 0 Å². The molecule has 22 heavy (non-hydrogen) atoms. The molecule has 1 aliphatic heterocycles. The normalized spacial score (nSPS) is 24.3. The molecule has 0 spiro atoms. The van der Waals surface area contributed by atoms with Crippen molar-refractivity contribution in [2.45, 2.75) is 37.3 Å². The fourth-order valence-electron chi connectivity index (χ4n) is 3.32. The molecular weight excluding hydrogens is 280 g/mol. The molecule has 2 fully saturated rings. The Morgan fingerprint density at radius 2 is 2.23 bits per heavy atom. The van der Waals surface area contributed by atoms with Gasteiger partial charge in [0.2, 0.25) is 5.91 Å². The second-order valence-corrected chi connectivity index (χ2v) is 6.17. The summed E-state index contributed by atoms with van der Waals surface area (Å²) in [6, 6.07) is 5.79. The first-order valence-corrected chi connectivity index (χ1v) is 7.97. The molecule has 1 aromatic rings. The molecule has 3 N–H and O–H groups in total. The number of anilines is 1. The lowest BCUT2D eigenvalue weighted by Crippen LogP contribution is -2.56. The van der Waals surface area contributed by atoms with Crippen LogP contribution in [-0.4, -0.2) is 48.1 Å². The van der Waals surface area contributed by atoms with Gasteiger partial charge in [-0.1, -0.05) is 18.9 Å². The Hall–Kier alpha value is -1.66. The Morgan fingerprint density at radius 3 is 2.95 bits per heavy atom. The Kier molecular flexibility index (Phi) is 4.31. The van der Waals surface area contributed by atoms with Gasteiger partial charge in [-0.2, -0.15) is 0 Å². The number of nitrogens with two attached hydrogens (primary N) is 1. The van der Waals surface area contributed by atoms with Crippen LogP contribution in [0.2, 0.25) is 0 Å². The minimum absolute atomic E-state index is 0.0723. The third-order valence-corrected chi connectivity index (χ3v) is 4.63. The number of hydrogen-bond acceptors (Lipinski definition) is 5. The summed E-state index contributed by atoms with van der Waals surface area (Å²) in [6.45, 7) is 1.66. The van der Waals surface area contributed by atoms with Crippen molar-refractivity contribution in [3.05, 3.63) is 23.9 Å². The third kappa shape index (κ3) is 2.94. The number of aromatic nitrogens is 1. The van der Waals surface area contributed by atoms with Crippen LogP contribution in [0.1, 0.15) is 37.5 Å². The molecule has 120 valence electrons.